The monoisotopic (exact) mass is 226 g/mol. The summed E-state index contributed by atoms with van der Waals surface area (Å²) >= 11 is 1.33. The summed E-state index contributed by atoms with van der Waals surface area (Å²) in [5.74, 6) is -2.04. The van der Waals surface area contributed by atoms with E-state index >= 15 is 0 Å². The molecule has 0 unspecified atom stereocenters. The molecule has 0 fully saturated rings. The number of hydrogen-bond acceptors (Lipinski definition) is 3. The molecule has 84 valence electrons. The molecule has 0 N–H and O–H groups in total. The summed E-state index contributed by atoms with van der Waals surface area (Å²) < 4.78 is 29.8. The van der Waals surface area contributed by atoms with Crippen LogP contribution in [0.4, 0.5) is 8.78 Å². The van der Waals surface area contributed by atoms with Gasteiger partial charge in [-0.05, 0) is 12.2 Å². The lowest BCUT2D eigenvalue weighted by Gasteiger charge is -2.12. The Bertz CT molecular complexity index is 174. The molecular formula is C9H16F2O2S. The first-order valence-corrected chi connectivity index (χ1v) is 5.69. The van der Waals surface area contributed by atoms with E-state index in [1.807, 2.05) is 0 Å². The summed E-state index contributed by atoms with van der Waals surface area (Å²) in [4.78, 5) is 10.6. The van der Waals surface area contributed by atoms with Crippen LogP contribution in [0.15, 0.2) is 0 Å². The third-order valence-electron chi connectivity index (χ3n) is 1.80. The first kappa shape index (κ1) is 13.7. The third kappa shape index (κ3) is 7.12. The Hall–Kier alpha value is -0.320. The van der Waals surface area contributed by atoms with Crippen LogP contribution in [0.3, 0.4) is 0 Å². The highest BCUT2D eigenvalue weighted by atomic mass is 32.2. The normalized spacial score (nSPS) is 11.4. The summed E-state index contributed by atoms with van der Waals surface area (Å²) in [5.41, 5.74) is 0. The molecule has 0 saturated heterocycles. The molecular weight excluding hydrogens is 210 g/mol. The van der Waals surface area contributed by atoms with Crippen LogP contribution in [-0.4, -0.2) is 30.5 Å². The number of esters is 1. The van der Waals surface area contributed by atoms with Crippen LogP contribution >= 0.6 is 11.8 Å². The largest absolute Gasteiger partial charge is 0.468 e. The SMILES string of the molecule is CCC(F)(F)CCCSCC(=O)OC. The van der Waals surface area contributed by atoms with Crippen molar-refractivity contribution in [3.8, 4) is 0 Å². The van der Waals surface area contributed by atoms with Crippen molar-refractivity contribution in [2.24, 2.45) is 0 Å². The number of thioether (sulfide) groups is 1. The number of carbonyl (C=O) groups excluding carboxylic acids is 1. The summed E-state index contributed by atoms with van der Waals surface area (Å²) in [6.07, 6.45) is 0.217. The Balaban J connectivity index is 3.34. The second kappa shape index (κ2) is 7.04. The molecule has 0 radical (unpaired) electrons. The fourth-order valence-corrected chi connectivity index (χ4v) is 1.60. The smallest absolute Gasteiger partial charge is 0.315 e. The summed E-state index contributed by atoms with van der Waals surface area (Å²) in [5, 5.41) is 0. The van der Waals surface area contributed by atoms with Gasteiger partial charge in [0, 0.05) is 12.8 Å². The van der Waals surface area contributed by atoms with E-state index in [0.717, 1.165) is 0 Å². The molecule has 0 aromatic carbocycles. The summed E-state index contributed by atoms with van der Waals surface area (Å²) in [6, 6.07) is 0. The van der Waals surface area contributed by atoms with E-state index in [1.54, 1.807) is 0 Å². The Kier molecular flexibility index (Phi) is 6.87. The molecule has 14 heavy (non-hydrogen) atoms. The number of rotatable bonds is 7. The van der Waals surface area contributed by atoms with Gasteiger partial charge >= 0.3 is 5.97 Å². The van der Waals surface area contributed by atoms with Gasteiger partial charge in [0.1, 0.15) is 0 Å². The maximum Gasteiger partial charge on any atom is 0.315 e. The van der Waals surface area contributed by atoms with Crippen molar-refractivity contribution in [2.75, 3.05) is 18.6 Å². The fourth-order valence-electron chi connectivity index (χ4n) is 0.824. The lowest BCUT2D eigenvalue weighted by atomic mass is 10.1. The predicted octanol–water partition coefficient (Wildman–Crippen LogP) is 2.72. The first-order valence-electron chi connectivity index (χ1n) is 4.54. The van der Waals surface area contributed by atoms with Crippen LogP contribution in [0.2, 0.25) is 0 Å². The van der Waals surface area contributed by atoms with Gasteiger partial charge in [-0.3, -0.25) is 4.79 Å². The van der Waals surface area contributed by atoms with Crippen LogP contribution in [-0.2, 0) is 9.53 Å². The van der Waals surface area contributed by atoms with Crippen LogP contribution in [0.25, 0.3) is 0 Å². The minimum atomic E-state index is -2.55. The number of alkyl halides is 2. The van der Waals surface area contributed by atoms with Crippen molar-refractivity contribution in [1.82, 2.24) is 0 Å². The van der Waals surface area contributed by atoms with E-state index in [2.05, 4.69) is 4.74 Å². The maximum atomic E-state index is 12.7. The number of halogens is 2. The molecule has 2 nitrogen and oxygen atoms in total. The zero-order chi connectivity index (χ0) is 11.0. The van der Waals surface area contributed by atoms with Crippen molar-refractivity contribution in [3.63, 3.8) is 0 Å². The highest BCUT2D eigenvalue weighted by Gasteiger charge is 2.24. The average molecular weight is 226 g/mol. The van der Waals surface area contributed by atoms with Crippen LogP contribution in [0.5, 0.6) is 0 Å². The van der Waals surface area contributed by atoms with Crippen molar-refractivity contribution in [1.29, 1.82) is 0 Å². The van der Waals surface area contributed by atoms with E-state index in [-0.39, 0.29) is 24.6 Å². The standard InChI is InChI=1S/C9H16F2O2S/c1-3-9(10,11)5-4-6-14-7-8(12)13-2/h3-7H2,1-2H3. The predicted molar refractivity (Wildman–Crippen MR) is 53.8 cm³/mol. The average Bonchev–Trinajstić information content (AvgIpc) is 2.17. The van der Waals surface area contributed by atoms with Crippen LogP contribution < -0.4 is 0 Å². The molecule has 0 spiro atoms. The molecule has 0 aliphatic rings. The van der Waals surface area contributed by atoms with Crippen molar-refractivity contribution < 1.29 is 18.3 Å². The summed E-state index contributed by atoms with van der Waals surface area (Å²) in [6.45, 7) is 1.47. The topological polar surface area (TPSA) is 26.3 Å². The molecule has 0 aliphatic heterocycles. The number of hydrogen-bond donors (Lipinski definition) is 0. The van der Waals surface area contributed by atoms with E-state index < -0.39 is 5.92 Å². The second-order valence-corrected chi connectivity index (χ2v) is 4.05. The van der Waals surface area contributed by atoms with E-state index in [4.69, 9.17) is 0 Å². The Morgan fingerprint density at radius 2 is 2.14 bits per heavy atom. The molecule has 0 aliphatic carbocycles. The number of carbonyl (C=O) groups is 1. The van der Waals surface area contributed by atoms with E-state index in [1.165, 1.54) is 25.8 Å². The van der Waals surface area contributed by atoms with Crippen LogP contribution in [0, 0.1) is 0 Å². The molecule has 0 bridgehead atoms. The van der Waals surface area contributed by atoms with Gasteiger partial charge in [0.05, 0.1) is 12.9 Å². The summed E-state index contributed by atoms with van der Waals surface area (Å²) in [7, 11) is 1.31. The van der Waals surface area contributed by atoms with Gasteiger partial charge in [-0.2, -0.15) is 11.8 Å². The molecule has 0 aromatic heterocycles. The molecule has 5 heteroatoms. The van der Waals surface area contributed by atoms with Gasteiger partial charge in [-0.25, -0.2) is 8.78 Å². The fraction of sp³-hybridized carbons (Fsp3) is 0.889. The Labute approximate surface area is 87.4 Å². The molecule has 0 amide bonds. The van der Waals surface area contributed by atoms with E-state index in [0.29, 0.717) is 12.2 Å². The Morgan fingerprint density at radius 3 is 2.64 bits per heavy atom. The zero-order valence-corrected chi connectivity index (χ0v) is 9.33. The number of methoxy groups -OCH3 is 1. The van der Waals surface area contributed by atoms with Gasteiger partial charge in [0.25, 0.3) is 0 Å². The maximum absolute atomic E-state index is 12.7. The lowest BCUT2D eigenvalue weighted by Crippen LogP contribution is -2.14. The quantitative estimate of drug-likeness (QED) is 0.493. The minimum absolute atomic E-state index is 0.0995. The van der Waals surface area contributed by atoms with Crippen LogP contribution in [0.1, 0.15) is 26.2 Å². The van der Waals surface area contributed by atoms with Crippen molar-refractivity contribution in [2.45, 2.75) is 32.1 Å². The molecule has 0 atom stereocenters. The highest BCUT2D eigenvalue weighted by Crippen LogP contribution is 2.24. The minimum Gasteiger partial charge on any atom is -0.468 e. The molecule has 0 aromatic rings. The number of ether oxygens (including phenoxy) is 1. The molecule has 0 heterocycles. The first-order chi connectivity index (χ1) is 6.52. The molecule has 0 saturated carbocycles. The lowest BCUT2D eigenvalue weighted by molar-refractivity contribution is -0.137. The van der Waals surface area contributed by atoms with Gasteiger partial charge in [0.2, 0.25) is 5.92 Å². The highest BCUT2D eigenvalue weighted by molar-refractivity contribution is 7.99. The zero-order valence-electron chi connectivity index (χ0n) is 8.52. The third-order valence-corrected chi connectivity index (χ3v) is 2.81. The van der Waals surface area contributed by atoms with E-state index in [9.17, 15) is 13.6 Å². The van der Waals surface area contributed by atoms with Crippen molar-refractivity contribution in [3.05, 3.63) is 0 Å². The molecule has 0 rings (SSSR count). The second-order valence-electron chi connectivity index (χ2n) is 2.94. The van der Waals surface area contributed by atoms with Gasteiger partial charge in [-0.1, -0.05) is 6.92 Å². The Morgan fingerprint density at radius 1 is 1.50 bits per heavy atom. The van der Waals surface area contributed by atoms with Gasteiger partial charge < -0.3 is 4.74 Å². The van der Waals surface area contributed by atoms with Crippen molar-refractivity contribution >= 4 is 17.7 Å². The van der Waals surface area contributed by atoms with Gasteiger partial charge in [0.15, 0.2) is 0 Å². The van der Waals surface area contributed by atoms with Gasteiger partial charge in [-0.15, -0.1) is 0 Å².